The summed E-state index contributed by atoms with van der Waals surface area (Å²) in [5.41, 5.74) is 0.930. The molecule has 4 nitrogen and oxygen atoms in total. The second-order valence-corrected chi connectivity index (χ2v) is 6.02. The highest BCUT2D eigenvalue weighted by Gasteiger charge is 2.41. The summed E-state index contributed by atoms with van der Waals surface area (Å²) < 4.78 is 5.27. The first-order valence-corrected chi connectivity index (χ1v) is 7.46. The van der Waals surface area contributed by atoms with Gasteiger partial charge in [0.15, 0.2) is 12.1 Å². The van der Waals surface area contributed by atoms with E-state index in [2.05, 4.69) is 4.98 Å². The maximum Gasteiger partial charge on any atom is 0.276 e. The van der Waals surface area contributed by atoms with Crippen LogP contribution in [0.4, 0.5) is 0 Å². The van der Waals surface area contributed by atoms with Gasteiger partial charge in [0.25, 0.3) is 5.91 Å². The van der Waals surface area contributed by atoms with Crippen LogP contribution in [0.5, 0.6) is 0 Å². The second kappa shape index (κ2) is 4.99. The summed E-state index contributed by atoms with van der Waals surface area (Å²) in [4.78, 5) is 18.6. The van der Waals surface area contributed by atoms with Crippen molar-refractivity contribution in [3.05, 3.63) is 17.8 Å². The Kier molecular flexibility index (Phi) is 3.33. The number of carbonyl (C=O) groups is 1. The summed E-state index contributed by atoms with van der Waals surface area (Å²) in [6.45, 7) is 3.79. The minimum atomic E-state index is 0.0630. The molecule has 1 saturated heterocycles. The van der Waals surface area contributed by atoms with E-state index in [-0.39, 0.29) is 5.91 Å². The van der Waals surface area contributed by atoms with E-state index in [1.807, 2.05) is 11.8 Å². The third-order valence-electron chi connectivity index (χ3n) is 4.80. The number of amides is 1. The molecule has 2 fully saturated rings. The lowest BCUT2D eigenvalue weighted by Gasteiger charge is -2.33. The van der Waals surface area contributed by atoms with Crippen LogP contribution in [0.2, 0.25) is 0 Å². The maximum absolute atomic E-state index is 12.5. The zero-order valence-electron chi connectivity index (χ0n) is 11.7. The Morgan fingerprint density at radius 1 is 1.37 bits per heavy atom. The maximum atomic E-state index is 12.5. The van der Waals surface area contributed by atoms with Gasteiger partial charge in [-0.15, -0.1) is 0 Å². The molecule has 1 saturated carbocycles. The number of hydrogen-bond acceptors (Lipinski definition) is 3. The predicted molar refractivity (Wildman–Crippen MR) is 71.9 cm³/mol. The van der Waals surface area contributed by atoms with Crippen LogP contribution in [-0.4, -0.2) is 28.9 Å². The molecule has 1 aromatic heterocycles. The number of hydrogen-bond donors (Lipinski definition) is 0. The summed E-state index contributed by atoms with van der Waals surface area (Å²) in [6.07, 6.45) is 9.86. The van der Waals surface area contributed by atoms with Crippen molar-refractivity contribution >= 4 is 5.91 Å². The van der Waals surface area contributed by atoms with Gasteiger partial charge in [-0.25, -0.2) is 4.98 Å². The van der Waals surface area contributed by atoms with Crippen LogP contribution in [-0.2, 0) is 6.42 Å². The van der Waals surface area contributed by atoms with E-state index in [0.717, 1.165) is 31.7 Å². The van der Waals surface area contributed by atoms with Gasteiger partial charge in [0.1, 0.15) is 5.76 Å². The molecule has 19 heavy (non-hydrogen) atoms. The topological polar surface area (TPSA) is 46.3 Å². The van der Waals surface area contributed by atoms with Gasteiger partial charge < -0.3 is 9.32 Å². The monoisotopic (exact) mass is 262 g/mol. The smallest absolute Gasteiger partial charge is 0.276 e. The average Bonchev–Trinajstić information content (AvgIpc) is 3.06. The number of aryl methyl sites for hydroxylation is 1. The molecule has 0 N–H and O–H groups in total. The van der Waals surface area contributed by atoms with E-state index in [1.165, 1.54) is 38.5 Å². The van der Waals surface area contributed by atoms with Gasteiger partial charge in [-0.1, -0.05) is 26.2 Å². The normalized spacial score (nSPS) is 22.1. The van der Waals surface area contributed by atoms with Crippen molar-refractivity contribution in [3.8, 4) is 0 Å². The van der Waals surface area contributed by atoms with E-state index in [4.69, 9.17) is 4.42 Å². The van der Waals surface area contributed by atoms with Gasteiger partial charge in [0.05, 0.1) is 0 Å². The largest absolute Gasteiger partial charge is 0.448 e. The lowest BCUT2D eigenvalue weighted by atomic mass is 9.73. The van der Waals surface area contributed by atoms with E-state index in [1.54, 1.807) is 0 Å². The quantitative estimate of drug-likeness (QED) is 0.823. The van der Waals surface area contributed by atoms with Crippen LogP contribution in [0.15, 0.2) is 10.8 Å². The summed E-state index contributed by atoms with van der Waals surface area (Å²) in [5, 5.41) is 0. The molecular weight excluding hydrogens is 240 g/mol. The molecule has 0 aromatic carbocycles. The lowest BCUT2D eigenvalue weighted by molar-refractivity contribution is 0.0751. The Balaban J connectivity index is 1.72. The fourth-order valence-electron chi connectivity index (χ4n) is 3.66. The first-order chi connectivity index (χ1) is 9.24. The van der Waals surface area contributed by atoms with E-state index in [0.29, 0.717) is 11.1 Å². The van der Waals surface area contributed by atoms with Crippen LogP contribution in [0.3, 0.4) is 0 Å². The van der Waals surface area contributed by atoms with Crippen molar-refractivity contribution in [2.45, 2.75) is 51.9 Å². The van der Waals surface area contributed by atoms with Crippen LogP contribution in [0, 0.1) is 5.41 Å². The molecule has 0 atom stereocenters. The van der Waals surface area contributed by atoms with Crippen molar-refractivity contribution in [2.24, 2.45) is 5.41 Å². The first kappa shape index (κ1) is 12.7. The lowest BCUT2D eigenvalue weighted by Crippen LogP contribution is -2.33. The number of likely N-dealkylation sites (tertiary alicyclic amines) is 1. The first-order valence-electron chi connectivity index (χ1n) is 7.46. The average molecular weight is 262 g/mol. The van der Waals surface area contributed by atoms with E-state index >= 15 is 0 Å². The minimum absolute atomic E-state index is 0.0630. The molecule has 2 heterocycles. The number of carbonyl (C=O) groups excluding carboxylic acids is 1. The molecule has 1 aliphatic carbocycles. The van der Waals surface area contributed by atoms with Gasteiger partial charge in [0, 0.05) is 19.5 Å². The molecule has 0 bridgehead atoms. The van der Waals surface area contributed by atoms with Crippen LogP contribution < -0.4 is 0 Å². The summed E-state index contributed by atoms with van der Waals surface area (Å²) in [5.74, 6) is 0.780. The standard InChI is InChI=1S/C15H22N2O2/c1-2-12-13(16-11-19-12)14(18)17-9-8-15(10-17)6-4-3-5-7-15/h11H,2-10H2,1H3. The molecule has 4 heteroatoms. The summed E-state index contributed by atoms with van der Waals surface area (Å²) in [6, 6.07) is 0. The van der Waals surface area contributed by atoms with Crippen LogP contribution in [0.25, 0.3) is 0 Å². The summed E-state index contributed by atoms with van der Waals surface area (Å²) >= 11 is 0. The summed E-state index contributed by atoms with van der Waals surface area (Å²) in [7, 11) is 0. The van der Waals surface area contributed by atoms with E-state index < -0.39 is 0 Å². The molecule has 1 aliphatic heterocycles. The highest BCUT2D eigenvalue weighted by molar-refractivity contribution is 5.93. The Morgan fingerprint density at radius 3 is 2.89 bits per heavy atom. The Bertz CT molecular complexity index is 460. The van der Waals surface area contributed by atoms with Crippen molar-refractivity contribution in [1.82, 2.24) is 9.88 Å². The van der Waals surface area contributed by atoms with Gasteiger partial charge in [-0.2, -0.15) is 0 Å². The number of nitrogens with zero attached hydrogens (tertiary/aromatic N) is 2. The fourth-order valence-corrected chi connectivity index (χ4v) is 3.66. The van der Waals surface area contributed by atoms with Gasteiger partial charge in [-0.05, 0) is 24.7 Å². The van der Waals surface area contributed by atoms with Crippen molar-refractivity contribution in [3.63, 3.8) is 0 Å². The number of rotatable bonds is 2. The van der Waals surface area contributed by atoms with Crippen molar-refractivity contribution in [2.75, 3.05) is 13.1 Å². The molecule has 0 unspecified atom stereocenters. The van der Waals surface area contributed by atoms with Gasteiger partial charge >= 0.3 is 0 Å². The number of oxazole rings is 1. The zero-order chi connectivity index (χ0) is 13.3. The second-order valence-electron chi connectivity index (χ2n) is 6.02. The van der Waals surface area contributed by atoms with Gasteiger partial charge in [-0.3, -0.25) is 4.79 Å². The Morgan fingerprint density at radius 2 is 2.16 bits per heavy atom. The SMILES string of the molecule is CCc1ocnc1C(=O)N1CCC2(CCCCC2)C1. The Hall–Kier alpha value is -1.32. The molecule has 0 radical (unpaired) electrons. The molecule has 1 spiro atoms. The minimum Gasteiger partial charge on any atom is -0.448 e. The fraction of sp³-hybridized carbons (Fsp3) is 0.733. The molecule has 1 aromatic rings. The highest BCUT2D eigenvalue weighted by atomic mass is 16.3. The van der Waals surface area contributed by atoms with E-state index in [9.17, 15) is 4.79 Å². The molecule has 3 rings (SSSR count). The van der Waals surface area contributed by atoms with Crippen LogP contribution in [0.1, 0.15) is 61.7 Å². The molecule has 104 valence electrons. The molecule has 2 aliphatic rings. The Labute approximate surface area is 114 Å². The third kappa shape index (κ3) is 2.28. The van der Waals surface area contributed by atoms with Crippen LogP contribution >= 0.6 is 0 Å². The van der Waals surface area contributed by atoms with Crippen molar-refractivity contribution in [1.29, 1.82) is 0 Å². The number of aromatic nitrogens is 1. The molecule has 1 amide bonds. The zero-order valence-corrected chi connectivity index (χ0v) is 11.7. The predicted octanol–water partition coefficient (Wildman–Crippen LogP) is 3.03. The third-order valence-corrected chi connectivity index (χ3v) is 4.80. The molecular formula is C15H22N2O2. The van der Waals surface area contributed by atoms with Gasteiger partial charge in [0.2, 0.25) is 0 Å². The highest BCUT2D eigenvalue weighted by Crippen LogP contribution is 2.43. The van der Waals surface area contributed by atoms with Crippen molar-refractivity contribution < 1.29 is 9.21 Å².